The van der Waals surface area contributed by atoms with Gasteiger partial charge in [-0.15, -0.1) is 0 Å². The number of carbonyl (C=O) groups excluding carboxylic acids is 2. The van der Waals surface area contributed by atoms with E-state index in [1.807, 2.05) is 60.7 Å². The van der Waals surface area contributed by atoms with Crippen LogP contribution in [0.2, 0.25) is 0 Å². The van der Waals surface area contributed by atoms with Crippen molar-refractivity contribution in [3.8, 4) is 0 Å². The quantitative estimate of drug-likeness (QED) is 0.216. The van der Waals surface area contributed by atoms with Gasteiger partial charge in [-0.05, 0) is 17.2 Å². The van der Waals surface area contributed by atoms with E-state index in [9.17, 15) is 9.59 Å². The van der Waals surface area contributed by atoms with Crippen molar-refractivity contribution in [1.82, 2.24) is 10.3 Å². The highest BCUT2D eigenvalue weighted by molar-refractivity contribution is 7.99. The SMILES string of the molecule is O=C(NC(CSCc1ccccc1)CSCc1ccccc1)C(=O)c1c[nH]c2ccccc12. The molecule has 0 aliphatic rings. The molecule has 6 heteroatoms. The van der Waals surface area contributed by atoms with Gasteiger partial charge in [-0.25, -0.2) is 0 Å². The van der Waals surface area contributed by atoms with E-state index in [1.165, 1.54) is 11.1 Å². The Balaban J connectivity index is 1.38. The fourth-order valence-corrected chi connectivity index (χ4v) is 5.76. The second-order valence-electron chi connectivity index (χ2n) is 7.75. The monoisotopic (exact) mass is 474 g/mol. The summed E-state index contributed by atoms with van der Waals surface area (Å²) < 4.78 is 0. The van der Waals surface area contributed by atoms with E-state index >= 15 is 0 Å². The molecule has 33 heavy (non-hydrogen) atoms. The fourth-order valence-electron chi connectivity index (χ4n) is 3.55. The smallest absolute Gasteiger partial charge is 0.292 e. The summed E-state index contributed by atoms with van der Waals surface area (Å²) in [5.74, 6) is 2.16. The van der Waals surface area contributed by atoms with Crippen LogP contribution in [0, 0.1) is 0 Å². The molecule has 0 saturated carbocycles. The van der Waals surface area contributed by atoms with Gasteiger partial charge in [-0.1, -0.05) is 78.9 Å². The molecule has 0 spiro atoms. The minimum atomic E-state index is -0.551. The molecule has 4 rings (SSSR count). The molecular weight excluding hydrogens is 448 g/mol. The van der Waals surface area contributed by atoms with Crippen LogP contribution in [0.5, 0.6) is 0 Å². The van der Waals surface area contributed by atoms with Crippen LogP contribution in [0.1, 0.15) is 21.5 Å². The Bertz CT molecular complexity index is 1150. The second kappa shape index (κ2) is 11.8. The lowest BCUT2D eigenvalue weighted by molar-refractivity contribution is -0.117. The molecule has 0 aliphatic carbocycles. The van der Waals surface area contributed by atoms with E-state index in [-0.39, 0.29) is 6.04 Å². The maximum atomic E-state index is 12.9. The molecule has 1 amide bonds. The van der Waals surface area contributed by atoms with Crippen LogP contribution in [0.4, 0.5) is 0 Å². The first-order chi connectivity index (χ1) is 16.2. The van der Waals surface area contributed by atoms with Crippen LogP contribution in [0.3, 0.4) is 0 Å². The number of rotatable bonds is 11. The van der Waals surface area contributed by atoms with Gasteiger partial charge in [0.15, 0.2) is 0 Å². The average Bonchev–Trinajstić information content (AvgIpc) is 3.29. The van der Waals surface area contributed by atoms with E-state index in [2.05, 4.69) is 34.6 Å². The van der Waals surface area contributed by atoms with Gasteiger partial charge in [0.2, 0.25) is 0 Å². The number of para-hydroxylation sites is 1. The number of aromatic nitrogens is 1. The molecule has 2 N–H and O–H groups in total. The predicted octanol–water partition coefficient (Wildman–Crippen LogP) is 5.70. The van der Waals surface area contributed by atoms with Gasteiger partial charge in [0.25, 0.3) is 11.7 Å². The first-order valence-corrected chi connectivity index (χ1v) is 13.2. The third-order valence-electron chi connectivity index (χ3n) is 5.24. The maximum absolute atomic E-state index is 12.9. The largest absolute Gasteiger partial charge is 0.360 e. The topological polar surface area (TPSA) is 62.0 Å². The molecule has 168 valence electrons. The number of Topliss-reactive ketones (excluding diaryl/α,β-unsaturated/α-hetero) is 1. The number of H-pyrrole nitrogens is 1. The summed E-state index contributed by atoms with van der Waals surface area (Å²) in [6.07, 6.45) is 1.62. The number of ketones is 1. The van der Waals surface area contributed by atoms with Crippen molar-refractivity contribution in [3.63, 3.8) is 0 Å². The minimum Gasteiger partial charge on any atom is -0.360 e. The van der Waals surface area contributed by atoms with Gasteiger partial charge in [0.05, 0.1) is 5.56 Å². The Morgan fingerprint density at radius 1 is 0.758 bits per heavy atom. The van der Waals surface area contributed by atoms with E-state index in [4.69, 9.17) is 0 Å². The zero-order valence-corrected chi connectivity index (χ0v) is 19.8. The Hall–Kier alpha value is -2.96. The van der Waals surface area contributed by atoms with Crippen LogP contribution < -0.4 is 5.32 Å². The molecule has 1 heterocycles. The van der Waals surface area contributed by atoms with Gasteiger partial charge in [-0.3, -0.25) is 9.59 Å². The molecular formula is C27H26N2O2S2. The molecule has 0 fully saturated rings. The normalized spacial score (nSPS) is 11.1. The van der Waals surface area contributed by atoms with Gasteiger partial charge >= 0.3 is 0 Å². The number of hydrogen-bond donors (Lipinski definition) is 2. The maximum Gasteiger partial charge on any atom is 0.292 e. The van der Waals surface area contributed by atoms with Crippen molar-refractivity contribution < 1.29 is 9.59 Å². The van der Waals surface area contributed by atoms with Crippen LogP contribution in [-0.2, 0) is 16.3 Å². The Morgan fingerprint density at radius 2 is 1.30 bits per heavy atom. The molecule has 4 aromatic rings. The lowest BCUT2D eigenvalue weighted by Crippen LogP contribution is -2.42. The summed E-state index contributed by atoms with van der Waals surface area (Å²) in [4.78, 5) is 28.8. The molecule has 0 radical (unpaired) electrons. The number of carbonyl (C=O) groups is 2. The van der Waals surface area contributed by atoms with Gasteiger partial charge in [-0.2, -0.15) is 23.5 Å². The van der Waals surface area contributed by atoms with Crippen LogP contribution in [0.15, 0.2) is 91.1 Å². The van der Waals surface area contributed by atoms with E-state index in [1.54, 1.807) is 29.7 Å². The Kier molecular flexibility index (Phi) is 8.28. The number of hydrogen-bond acceptors (Lipinski definition) is 4. The molecule has 4 nitrogen and oxygen atoms in total. The van der Waals surface area contributed by atoms with E-state index in [0.717, 1.165) is 33.9 Å². The van der Waals surface area contributed by atoms with Crippen molar-refractivity contribution in [2.45, 2.75) is 17.5 Å². The Labute approximate surface area is 202 Å². The summed E-state index contributed by atoms with van der Waals surface area (Å²) in [7, 11) is 0. The predicted molar refractivity (Wildman–Crippen MR) is 140 cm³/mol. The summed E-state index contributed by atoms with van der Waals surface area (Å²) in [6.45, 7) is 0. The van der Waals surface area contributed by atoms with E-state index < -0.39 is 11.7 Å². The number of aromatic amines is 1. The highest BCUT2D eigenvalue weighted by Gasteiger charge is 2.23. The number of amides is 1. The van der Waals surface area contributed by atoms with Gasteiger partial charge in [0, 0.05) is 46.2 Å². The summed E-state index contributed by atoms with van der Waals surface area (Å²) in [5.41, 5.74) is 3.76. The van der Waals surface area contributed by atoms with Crippen molar-refractivity contribution in [3.05, 3.63) is 108 Å². The van der Waals surface area contributed by atoms with Crippen molar-refractivity contribution in [1.29, 1.82) is 0 Å². The molecule has 0 saturated heterocycles. The van der Waals surface area contributed by atoms with E-state index in [0.29, 0.717) is 5.56 Å². The zero-order valence-electron chi connectivity index (χ0n) is 18.2. The lowest BCUT2D eigenvalue weighted by Gasteiger charge is -2.18. The molecule has 0 bridgehead atoms. The third-order valence-corrected chi connectivity index (χ3v) is 7.59. The number of thioether (sulfide) groups is 2. The van der Waals surface area contributed by atoms with Crippen LogP contribution >= 0.6 is 23.5 Å². The summed E-state index contributed by atoms with van der Waals surface area (Å²) in [6, 6.07) is 28.0. The number of nitrogens with one attached hydrogen (secondary N) is 2. The van der Waals surface area contributed by atoms with Crippen LogP contribution in [-0.4, -0.2) is 34.2 Å². The molecule has 3 aromatic carbocycles. The third kappa shape index (κ3) is 6.53. The average molecular weight is 475 g/mol. The molecule has 0 aliphatic heterocycles. The van der Waals surface area contributed by atoms with Crippen molar-refractivity contribution >= 4 is 46.1 Å². The van der Waals surface area contributed by atoms with Crippen molar-refractivity contribution in [2.75, 3.05) is 11.5 Å². The first-order valence-electron chi connectivity index (χ1n) is 10.9. The molecule has 0 atom stereocenters. The zero-order chi connectivity index (χ0) is 22.9. The minimum absolute atomic E-state index is 0.103. The van der Waals surface area contributed by atoms with Gasteiger partial charge in [0.1, 0.15) is 0 Å². The number of fused-ring (bicyclic) bond motifs is 1. The molecule has 1 aromatic heterocycles. The van der Waals surface area contributed by atoms with Crippen molar-refractivity contribution in [2.24, 2.45) is 0 Å². The van der Waals surface area contributed by atoms with Gasteiger partial charge < -0.3 is 10.3 Å². The second-order valence-corrected chi connectivity index (χ2v) is 9.81. The van der Waals surface area contributed by atoms with Crippen LogP contribution in [0.25, 0.3) is 10.9 Å². The summed E-state index contributed by atoms with van der Waals surface area (Å²) in [5, 5.41) is 3.77. The number of benzene rings is 3. The Morgan fingerprint density at radius 3 is 1.91 bits per heavy atom. The molecule has 0 unspecified atom stereocenters. The first kappa shape index (κ1) is 23.2. The lowest BCUT2D eigenvalue weighted by atomic mass is 10.1. The summed E-state index contributed by atoms with van der Waals surface area (Å²) >= 11 is 3.54. The highest BCUT2D eigenvalue weighted by atomic mass is 32.2. The fraction of sp³-hybridized carbons (Fsp3) is 0.185. The highest BCUT2D eigenvalue weighted by Crippen LogP contribution is 2.20. The standard InChI is InChI=1S/C27H26N2O2S2/c30-26(24-15-28-25-14-8-7-13-23(24)25)27(31)29-22(18-32-16-20-9-3-1-4-10-20)19-33-17-21-11-5-2-6-12-21/h1-15,22,28H,16-19H2,(H,29,31).